The molecule has 1 fully saturated rings. The third-order valence-corrected chi connectivity index (χ3v) is 6.46. The second-order valence-electron chi connectivity index (χ2n) is 6.85. The van der Waals surface area contributed by atoms with E-state index < -0.39 is 0 Å². The summed E-state index contributed by atoms with van der Waals surface area (Å²) in [7, 11) is 1.94. The van der Waals surface area contributed by atoms with E-state index in [0.717, 1.165) is 56.1 Å². The van der Waals surface area contributed by atoms with Crippen molar-refractivity contribution in [1.29, 1.82) is 5.26 Å². The van der Waals surface area contributed by atoms with Crippen molar-refractivity contribution in [2.75, 3.05) is 26.2 Å². The van der Waals surface area contributed by atoms with Gasteiger partial charge in [0, 0.05) is 50.3 Å². The maximum Gasteiger partial charge on any atom is 0.263 e. The first kappa shape index (κ1) is 18.7. The summed E-state index contributed by atoms with van der Waals surface area (Å²) in [5, 5.41) is 9.20. The van der Waals surface area contributed by atoms with Crippen molar-refractivity contribution in [3.05, 3.63) is 44.9 Å². The van der Waals surface area contributed by atoms with Gasteiger partial charge in [-0.05, 0) is 43.5 Å². The first-order valence-electron chi connectivity index (χ1n) is 9.19. The molecule has 3 heterocycles. The van der Waals surface area contributed by atoms with E-state index in [2.05, 4.69) is 30.9 Å². The topological polar surface area (TPSA) is 52.3 Å². The van der Waals surface area contributed by atoms with E-state index >= 15 is 0 Å². The predicted molar refractivity (Wildman–Crippen MR) is 104 cm³/mol. The highest BCUT2D eigenvalue weighted by atomic mass is 32.1. The van der Waals surface area contributed by atoms with E-state index in [1.807, 2.05) is 28.6 Å². The molecule has 0 saturated carbocycles. The Balaban J connectivity index is 1.63. The molecule has 0 bridgehead atoms. The van der Waals surface area contributed by atoms with Crippen LogP contribution in [0.3, 0.4) is 0 Å². The molecule has 0 spiro atoms. The zero-order chi connectivity index (χ0) is 18.7. The fourth-order valence-electron chi connectivity index (χ4n) is 3.44. The van der Waals surface area contributed by atoms with Crippen LogP contribution < -0.4 is 0 Å². The Morgan fingerprint density at radius 2 is 2.08 bits per heavy atom. The number of thiophene rings is 1. The van der Waals surface area contributed by atoms with Crippen molar-refractivity contribution in [1.82, 2.24) is 14.4 Å². The van der Waals surface area contributed by atoms with Crippen molar-refractivity contribution in [3.63, 3.8) is 0 Å². The zero-order valence-corrected chi connectivity index (χ0v) is 16.6. The van der Waals surface area contributed by atoms with Gasteiger partial charge in [-0.1, -0.05) is 6.92 Å². The molecular formula is C20H26N4OS. The number of nitrogens with zero attached hydrogens (tertiary/aromatic N) is 4. The van der Waals surface area contributed by atoms with E-state index in [1.54, 1.807) is 11.3 Å². The van der Waals surface area contributed by atoms with Crippen molar-refractivity contribution in [3.8, 4) is 6.07 Å². The molecule has 2 aromatic heterocycles. The number of hydrogen-bond donors (Lipinski definition) is 0. The van der Waals surface area contributed by atoms with Crippen LogP contribution in [0.1, 0.15) is 44.8 Å². The Morgan fingerprint density at radius 3 is 2.73 bits per heavy atom. The lowest BCUT2D eigenvalue weighted by Crippen LogP contribution is -2.34. The van der Waals surface area contributed by atoms with Crippen LogP contribution in [0, 0.1) is 18.3 Å². The van der Waals surface area contributed by atoms with Gasteiger partial charge in [0.05, 0.1) is 4.88 Å². The molecule has 0 unspecified atom stereocenters. The Morgan fingerprint density at radius 1 is 1.27 bits per heavy atom. The molecule has 1 aliphatic heterocycles. The number of carbonyl (C=O) groups excluding carboxylic acids is 1. The summed E-state index contributed by atoms with van der Waals surface area (Å²) in [5.41, 5.74) is 3.05. The Labute approximate surface area is 159 Å². The second-order valence-corrected chi connectivity index (χ2v) is 8.02. The predicted octanol–water partition coefficient (Wildman–Crippen LogP) is 3.18. The van der Waals surface area contributed by atoms with E-state index in [0.29, 0.717) is 5.69 Å². The smallest absolute Gasteiger partial charge is 0.263 e. The van der Waals surface area contributed by atoms with Crippen LogP contribution in [-0.2, 0) is 20.0 Å². The number of hydrogen-bond acceptors (Lipinski definition) is 4. The number of aryl methyl sites for hydroxylation is 1. The van der Waals surface area contributed by atoms with E-state index in [9.17, 15) is 10.1 Å². The fraction of sp³-hybridized carbons (Fsp3) is 0.500. The lowest BCUT2D eigenvalue weighted by molar-refractivity contribution is 0.0766. The minimum atomic E-state index is 0.166. The van der Waals surface area contributed by atoms with Crippen molar-refractivity contribution in [2.45, 2.75) is 33.2 Å². The number of aromatic nitrogens is 1. The van der Waals surface area contributed by atoms with Crippen molar-refractivity contribution < 1.29 is 4.79 Å². The van der Waals surface area contributed by atoms with Crippen LogP contribution in [0.5, 0.6) is 0 Å². The highest BCUT2D eigenvalue weighted by Gasteiger charge is 2.22. The monoisotopic (exact) mass is 370 g/mol. The molecule has 138 valence electrons. The molecule has 0 aromatic carbocycles. The van der Waals surface area contributed by atoms with E-state index in [-0.39, 0.29) is 5.91 Å². The van der Waals surface area contributed by atoms with Gasteiger partial charge in [-0.3, -0.25) is 9.69 Å². The Kier molecular flexibility index (Phi) is 5.80. The van der Waals surface area contributed by atoms with E-state index in [1.165, 1.54) is 10.4 Å². The highest BCUT2D eigenvalue weighted by molar-refractivity contribution is 7.14. The Hall–Kier alpha value is -2.10. The van der Waals surface area contributed by atoms with Crippen LogP contribution >= 0.6 is 11.3 Å². The average Bonchev–Trinajstić information content (AvgIpc) is 3.14. The molecular weight excluding hydrogens is 344 g/mol. The molecule has 6 heteroatoms. The normalized spacial score (nSPS) is 15.7. The molecule has 0 aliphatic carbocycles. The first-order chi connectivity index (χ1) is 12.5. The standard InChI is InChI=1S/C20H26N4OS/c1-4-18-6-7-19(26-18)20(25)24-9-5-8-23(10-11-24)14-16-12-17(13-21)22(3)15(16)2/h6-7,12H,4-5,8-11,14H2,1-3H3. The average molecular weight is 371 g/mol. The first-order valence-corrected chi connectivity index (χ1v) is 10.0. The molecule has 0 atom stereocenters. The van der Waals surface area contributed by atoms with Gasteiger partial charge in [0.1, 0.15) is 11.8 Å². The minimum absolute atomic E-state index is 0.166. The van der Waals surface area contributed by atoms with E-state index in [4.69, 9.17) is 0 Å². The largest absolute Gasteiger partial charge is 0.340 e. The van der Waals surface area contributed by atoms with Crippen molar-refractivity contribution >= 4 is 17.2 Å². The van der Waals surface area contributed by atoms with Crippen molar-refractivity contribution in [2.24, 2.45) is 7.05 Å². The van der Waals surface area contributed by atoms with Crippen LogP contribution in [0.25, 0.3) is 0 Å². The lowest BCUT2D eigenvalue weighted by Gasteiger charge is -2.21. The van der Waals surface area contributed by atoms with Gasteiger partial charge in [-0.2, -0.15) is 5.26 Å². The maximum atomic E-state index is 12.8. The van der Waals surface area contributed by atoms with Gasteiger partial charge >= 0.3 is 0 Å². The SMILES string of the molecule is CCc1ccc(C(=O)N2CCCN(Cc3cc(C#N)n(C)c3C)CC2)s1. The molecule has 5 nitrogen and oxygen atoms in total. The summed E-state index contributed by atoms with van der Waals surface area (Å²) >= 11 is 1.62. The fourth-order valence-corrected chi connectivity index (χ4v) is 4.36. The van der Waals surface area contributed by atoms with Crippen LogP contribution in [0.2, 0.25) is 0 Å². The molecule has 1 aliphatic rings. The number of nitriles is 1. The molecule has 3 rings (SSSR count). The number of amides is 1. The Bertz CT molecular complexity index is 829. The molecule has 26 heavy (non-hydrogen) atoms. The van der Waals surface area contributed by atoms with Gasteiger partial charge in [-0.25, -0.2) is 0 Å². The summed E-state index contributed by atoms with van der Waals surface area (Å²) in [6.45, 7) is 8.43. The zero-order valence-electron chi connectivity index (χ0n) is 15.8. The lowest BCUT2D eigenvalue weighted by atomic mass is 10.2. The number of rotatable bonds is 4. The van der Waals surface area contributed by atoms with Gasteiger partial charge < -0.3 is 9.47 Å². The molecule has 0 radical (unpaired) electrons. The molecule has 1 amide bonds. The van der Waals surface area contributed by atoms with Gasteiger partial charge in [0.25, 0.3) is 5.91 Å². The quantitative estimate of drug-likeness (QED) is 0.831. The van der Waals surface area contributed by atoms with Crippen LogP contribution in [-0.4, -0.2) is 46.5 Å². The summed E-state index contributed by atoms with van der Waals surface area (Å²) in [4.78, 5) is 19.3. The van der Waals surface area contributed by atoms with Gasteiger partial charge in [-0.15, -0.1) is 11.3 Å². The second kappa shape index (κ2) is 8.07. The maximum absolute atomic E-state index is 12.8. The molecule has 1 saturated heterocycles. The van der Waals surface area contributed by atoms with Gasteiger partial charge in [0.2, 0.25) is 0 Å². The third-order valence-electron chi connectivity index (χ3n) is 5.25. The van der Waals surface area contributed by atoms with Crippen LogP contribution in [0.15, 0.2) is 18.2 Å². The summed E-state index contributed by atoms with van der Waals surface area (Å²) in [6, 6.07) is 8.26. The summed E-state index contributed by atoms with van der Waals surface area (Å²) in [5.74, 6) is 0.166. The number of carbonyl (C=O) groups is 1. The summed E-state index contributed by atoms with van der Waals surface area (Å²) < 4.78 is 1.95. The highest BCUT2D eigenvalue weighted by Crippen LogP contribution is 2.21. The minimum Gasteiger partial charge on any atom is -0.340 e. The summed E-state index contributed by atoms with van der Waals surface area (Å²) in [6.07, 6.45) is 1.96. The molecule has 2 aromatic rings. The van der Waals surface area contributed by atoms with Gasteiger partial charge in [0.15, 0.2) is 0 Å². The van der Waals surface area contributed by atoms with Crippen LogP contribution in [0.4, 0.5) is 0 Å². The molecule has 0 N–H and O–H groups in total. The third kappa shape index (κ3) is 3.84.